The fourth-order valence-corrected chi connectivity index (χ4v) is 2.56. The Morgan fingerprint density at radius 1 is 1.00 bits per heavy atom. The third-order valence-corrected chi connectivity index (χ3v) is 3.84. The molecule has 1 aliphatic heterocycles. The van der Waals surface area contributed by atoms with Crippen LogP contribution in [-0.2, 0) is 16.0 Å². The normalized spacial score (nSPS) is 15.7. The van der Waals surface area contributed by atoms with Crippen LogP contribution in [0.3, 0.4) is 0 Å². The smallest absolute Gasteiger partial charge is 0.227 e. The molecule has 0 aromatic heterocycles. The molecule has 1 heterocycles. The lowest BCUT2D eigenvalue weighted by Gasteiger charge is -2.22. The van der Waals surface area contributed by atoms with Crippen molar-refractivity contribution in [3.63, 3.8) is 0 Å². The van der Waals surface area contributed by atoms with Gasteiger partial charge in [-0.2, -0.15) is 0 Å². The van der Waals surface area contributed by atoms with Crippen molar-refractivity contribution >= 4 is 17.5 Å². The molecule has 1 saturated heterocycles. The average molecular weight is 289 g/mol. The van der Waals surface area contributed by atoms with Crippen LogP contribution in [0, 0.1) is 0 Å². The van der Waals surface area contributed by atoms with Crippen molar-refractivity contribution in [1.82, 2.24) is 9.80 Å². The van der Waals surface area contributed by atoms with Crippen molar-refractivity contribution in [3.05, 3.63) is 29.8 Å². The Morgan fingerprint density at radius 3 is 2.14 bits per heavy atom. The van der Waals surface area contributed by atoms with Gasteiger partial charge in [0.1, 0.15) is 0 Å². The summed E-state index contributed by atoms with van der Waals surface area (Å²) < 4.78 is 0. The van der Waals surface area contributed by atoms with Gasteiger partial charge in [0.25, 0.3) is 0 Å². The predicted octanol–water partition coefficient (Wildman–Crippen LogP) is 1.28. The highest BCUT2D eigenvalue weighted by Crippen LogP contribution is 2.10. The molecule has 21 heavy (non-hydrogen) atoms. The molecule has 5 heteroatoms. The summed E-state index contributed by atoms with van der Waals surface area (Å²) in [5.41, 5.74) is 7.32. The second kappa shape index (κ2) is 7.11. The van der Waals surface area contributed by atoms with Crippen molar-refractivity contribution in [1.29, 1.82) is 0 Å². The van der Waals surface area contributed by atoms with Gasteiger partial charge in [0.2, 0.25) is 11.8 Å². The lowest BCUT2D eigenvalue weighted by Crippen LogP contribution is -2.37. The van der Waals surface area contributed by atoms with Crippen molar-refractivity contribution in [3.8, 4) is 0 Å². The fraction of sp³-hybridized carbons (Fsp3) is 0.500. The molecule has 1 aromatic rings. The molecular formula is C16H23N3O2. The van der Waals surface area contributed by atoms with E-state index in [1.165, 1.54) is 0 Å². The summed E-state index contributed by atoms with van der Waals surface area (Å²) in [6.45, 7) is 4.61. The average Bonchev–Trinajstić information content (AvgIpc) is 2.75. The minimum Gasteiger partial charge on any atom is -0.399 e. The quantitative estimate of drug-likeness (QED) is 0.852. The zero-order chi connectivity index (χ0) is 15.2. The van der Waals surface area contributed by atoms with Crippen LogP contribution < -0.4 is 5.73 Å². The van der Waals surface area contributed by atoms with Crippen LogP contribution in [0.1, 0.15) is 25.3 Å². The standard InChI is InChI=1S/C16H23N3O2/c1-2-15(20)18-8-3-9-19(11-10-18)16(21)12-13-4-6-14(17)7-5-13/h4-7H,2-3,8-12,17H2,1H3. The van der Waals surface area contributed by atoms with Crippen LogP contribution in [-0.4, -0.2) is 47.8 Å². The maximum Gasteiger partial charge on any atom is 0.227 e. The van der Waals surface area contributed by atoms with Crippen LogP contribution in [0.5, 0.6) is 0 Å². The molecule has 1 fully saturated rings. The van der Waals surface area contributed by atoms with Crippen molar-refractivity contribution in [2.24, 2.45) is 0 Å². The highest BCUT2D eigenvalue weighted by molar-refractivity contribution is 5.79. The molecule has 5 nitrogen and oxygen atoms in total. The number of amides is 2. The SMILES string of the molecule is CCC(=O)N1CCCN(C(=O)Cc2ccc(N)cc2)CC1. The van der Waals surface area contributed by atoms with E-state index in [9.17, 15) is 9.59 Å². The first-order valence-corrected chi connectivity index (χ1v) is 7.50. The molecule has 1 aliphatic rings. The number of carbonyl (C=O) groups excluding carboxylic acids is 2. The Kier molecular flexibility index (Phi) is 5.20. The van der Waals surface area contributed by atoms with Gasteiger partial charge in [-0.25, -0.2) is 0 Å². The van der Waals surface area contributed by atoms with E-state index >= 15 is 0 Å². The van der Waals surface area contributed by atoms with Crippen molar-refractivity contribution in [2.45, 2.75) is 26.2 Å². The van der Waals surface area contributed by atoms with Gasteiger partial charge >= 0.3 is 0 Å². The number of nitrogens with zero attached hydrogens (tertiary/aromatic N) is 2. The van der Waals surface area contributed by atoms with E-state index in [2.05, 4.69) is 0 Å². The Labute approximate surface area is 125 Å². The summed E-state index contributed by atoms with van der Waals surface area (Å²) in [5, 5.41) is 0. The lowest BCUT2D eigenvalue weighted by atomic mass is 10.1. The first-order chi connectivity index (χ1) is 10.1. The second-order valence-corrected chi connectivity index (χ2v) is 5.39. The fourth-order valence-electron chi connectivity index (χ4n) is 2.56. The van der Waals surface area contributed by atoms with Gasteiger partial charge in [-0.3, -0.25) is 9.59 Å². The van der Waals surface area contributed by atoms with Gasteiger partial charge in [-0.15, -0.1) is 0 Å². The van der Waals surface area contributed by atoms with E-state index in [1.807, 2.05) is 41.0 Å². The first-order valence-electron chi connectivity index (χ1n) is 7.50. The molecule has 114 valence electrons. The molecule has 0 bridgehead atoms. The predicted molar refractivity (Wildman–Crippen MR) is 82.6 cm³/mol. The summed E-state index contributed by atoms with van der Waals surface area (Å²) in [7, 11) is 0. The van der Waals surface area contributed by atoms with Gasteiger partial charge in [-0.05, 0) is 24.1 Å². The Hall–Kier alpha value is -2.04. The third kappa shape index (κ3) is 4.21. The van der Waals surface area contributed by atoms with Crippen LogP contribution >= 0.6 is 0 Å². The minimum atomic E-state index is 0.116. The molecule has 0 spiro atoms. The summed E-state index contributed by atoms with van der Waals surface area (Å²) >= 11 is 0. The zero-order valence-electron chi connectivity index (χ0n) is 12.5. The highest BCUT2D eigenvalue weighted by atomic mass is 16.2. The zero-order valence-corrected chi connectivity index (χ0v) is 12.5. The number of anilines is 1. The number of benzene rings is 1. The van der Waals surface area contributed by atoms with Crippen LogP contribution in [0.4, 0.5) is 5.69 Å². The van der Waals surface area contributed by atoms with E-state index < -0.39 is 0 Å². The van der Waals surface area contributed by atoms with E-state index in [1.54, 1.807) is 0 Å². The third-order valence-electron chi connectivity index (χ3n) is 3.84. The number of nitrogen functional groups attached to an aromatic ring is 1. The summed E-state index contributed by atoms with van der Waals surface area (Å²) in [6.07, 6.45) is 1.76. The van der Waals surface area contributed by atoms with Crippen LogP contribution in [0.25, 0.3) is 0 Å². The molecule has 0 unspecified atom stereocenters. The monoisotopic (exact) mass is 289 g/mol. The van der Waals surface area contributed by atoms with Gasteiger partial charge in [-0.1, -0.05) is 19.1 Å². The molecule has 0 atom stereocenters. The molecule has 0 radical (unpaired) electrons. The molecule has 2 N–H and O–H groups in total. The van der Waals surface area contributed by atoms with Gasteiger partial charge < -0.3 is 15.5 Å². The summed E-state index contributed by atoms with van der Waals surface area (Å²) in [6, 6.07) is 7.40. The number of hydrogen-bond acceptors (Lipinski definition) is 3. The van der Waals surface area contributed by atoms with Crippen molar-refractivity contribution < 1.29 is 9.59 Å². The highest BCUT2D eigenvalue weighted by Gasteiger charge is 2.21. The van der Waals surface area contributed by atoms with Crippen LogP contribution in [0.2, 0.25) is 0 Å². The van der Waals surface area contributed by atoms with E-state index in [0.29, 0.717) is 31.6 Å². The lowest BCUT2D eigenvalue weighted by molar-refractivity contribution is -0.133. The molecule has 0 saturated carbocycles. The molecule has 1 aromatic carbocycles. The largest absolute Gasteiger partial charge is 0.399 e. The molecular weight excluding hydrogens is 266 g/mol. The van der Waals surface area contributed by atoms with E-state index in [-0.39, 0.29) is 11.8 Å². The maximum atomic E-state index is 12.3. The molecule has 2 amide bonds. The number of hydrogen-bond donors (Lipinski definition) is 1. The minimum absolute atomic E-state index is 0.116. The van der Waals surface area contributed by atoms with Crippen LogP contribution in [0.15, 0.2) is 24.3 Å². The van der Waals surface area contributed by atoms with E-state index in [0.717, 1.165) is 25.1 Å². The Morgan fingerprint density at radius 2 is 1.57 bits per heavy atom. The number of carbonyl (C=O) groups is 2. The topological polar surface area (TPSA) is 66.6 Å². The second-order valence-electron chi connectivity index (χ2n) is 5.39. The number of rotatable bonds is 3. The Bertz CT molecular complexity index is 499. The first kappa shape index (κ1) is 15.4. The maximum absolute atomic E-state index is 12.3. The summed E-state index contributed by atoms with van der Waals surface area (Å²) in [5.74, 6) is 0.286. The van der Waals surface area contributed by atoms with Gasteiger partial charge in [0.05, 0.1) is 6.42 Å². The number of nitrogens with two attached hydrogens (primary N) is 1. The van der Waals surface area contributed by atoms with Gasteiger partial charge in [0.15, 0.2) is 0 Å². The summed E-state index contributed by atoms with van der Waals surface area (Å²) in [4.78, 5) is 27.8. The van der Waals surface area contributed by atoms with Gasteiger partial charge in [0, 0.05) is 38.3 Å². The Balaban J connectivity index is 1.91. The van der Waals surface area contributed by atoms with Crippen molar-refractivity contribution in [2.75, 3.05) is 31.9 Å². The van der Waals surface area contributed by atoms with E-state index in [4.69, 9.17) is 5.73 Å². The molecule has 0 aliphatic carbocycles. The molecule has 2 rings (SSSR count).